The minimum absolute atomic E-state index is 0.0602. The van der Waals surface area contributed by atoms with Crippen molar-refractivity contribution in [2.45, 2.75) is 45.7 Å². The number of aryl methyl sites for hydroxylation is 1. The van der Waals surface area contributed by atoms with Gasteiger partial charge in [0.2, 0.25) is 0 Å². The zero-order chi connectivity index (χ0) is 14.6. The molecular weight excluding hydrogens is 252 g/mol. The normalized spacial score (nSPS) is 25.4. The number of benzene rings is 1. The largest absolute Gasteiger partial charge is 0.396 e. The number of hydrogen-bond donors (Lipinski definition) is 3. The summed E-state index contributed by atoms with van der Waals surface area (Å²) in [5.41, 5.74) is 2.10. The van der Waals surface area contributed by atoms with Gasteiger partial charge in [-0.05, 0) is 25.3 Å². The highest BCUT2D eigenvalue weighted by molar-refractivity contribution is 5.74. The fraction of sp³-hybridized carbons (Fsp3) is 0.562. The molecule has 4 nitrogen and oxygen atoms in total. The molecule has 2 amide bonds. The van der Waals surface area contributed by atoms with Gasteiger partial charge in [0, 0.05) is 18.0 Å². The van der Waals surface area contributed by atoms with Crippen molar-refractivity contribution in [2.75, 3.05) is 6.61 Å². The van der Waals surface area contributed by atoms with Crippen molar-refractivity contribution in [3.8, 4) is 0 Å². The molecule has 0 spiro atoms. The van der Waals surface area contributed by atoms with Crippen LogP contribution < -0.4 is 10.6 Å². The molecule has 20 heavy (non-hydrogen) atoms. The SMILES string of the molecule is Cc1cccc(CNC(=O)NC2CCCC2(C)CO)c1. The van der Waals surface area contributed by atoms with E-state index in [1.807, 2.05) is 32.0 Å². The summed E-state index contributed by atoms with van der Waals surface area (Å²) in [6.07, 6.45) is 2.96. The lowest BCUT2D eigenvalue weighted by atomic mass is 9.86. The number of carbonyl (C=O) groups is 1. The summed E-state index contributed by atoms with van der Waals surface area (Å²) in [6, 6.07) is 8.00. The number of carbonyl (C=O) groups excluding carboxylic acids is 1. The Labute approximate surface area is 120 Å². The molecule has 2 atom stereocenters. The highest BCUT2D eigenvalue weighted by atomic mass is 16.3. The van der Waals surface area contributed by atoms with Crippen molar-refractivity contribution in [1.29, 1.82) is 0 Å². The third-order valence-electron chi connectivity index (χ3n) is 4.28. The number of aliphatic hydroxyl groups is 1. The molecule has 2 unspecified atom stereocenters. The van der Waals surface area contributed by atoms with Crippen LogP contribution >= 0.6 is 0 Å². The molecule has 2 rings (SSSR count). The van der Waals surface area contributed by atoms with Gasteiger partial charge in [0.15, 0.2) is 0 Å². The molecule has 0 aliphatic heterocycles. The highest BCUT2D eigenvalue weighted by Crippen LogP contribution is 2.37. The summed E-state index contributed by atoms with van der Waals surface area (Å²) >= 11 is 0. The maximum absolute atomic E-state index is 12.0. The van der Waals surface area contributed by atoms with E-state index in [-0.39, 0.29) is 24.1 Å². The van der Waals surface area contributed by atoms with Gasteiger partial charge in [-0.15, -0.1) is 0 Å². The molecule has 0 aromatic heterocycles. The van der Waals surface area contributed by atoms with Crippen LogP contribution in [0.2, 0.25) is 0 Å². The van der Waals surface area contributed by atoms with E-state index in [0.29, 0.717) is 6.54 Å². The van der Waals surface area contributed by atoms with Gasteiger partial charge < -0.3 is 15.7 Å². The molecule has 1 aliphatic rings. The summed E-state index contributed by atoms with van der Waals surface area (Å²) in [5, 5.41) is 15.4. The van der Waals surface area contributed by atoms with Crippen LogP contribution in [0.5, 0.6) is 0 Å². The van der Waals surface area contributed by atoms with Crippen LogP contribution in [0.15, 0.2) is 24.3 Å². The Morgan fingerprint density at radius 3 is 3.00 bits per heavy atom. The molecule has 1 fully saturated rings. The van der Waals surface area contributed by atoms with Gasteiger partial charge in [-0.3, -0.25) is 0 Å². The van der Waals surface area contributed by atoms with Crippen LogP contribution in [-0.2, 0) is 6.54 Å². The first-order valence-corrected chi connectivity index (χ1v) is 7.24. The number of rotatable bonds is 4. The van der Waals surface area contributed by atoms with E-state index >= 15 is 0 Å². The fourth-order valence-corrected chi connectivity index (χ4v) is 2.88. The number of aliphatic hydroxyl groups excluding tert-OH is 1. The average Bonchev–Trinajstić information content (AvgIpc) is 2.79. The van der Waals surface area contributed by atoms with Gasteiger partial charge in [0.25, 0.3) is 0 Å². The molecule has 4 heteroatoms. The van der Waals surface area contributed by atoms with Crippen molar-refractivity contribution in [1.82, 2.24) is 10.6 Å². The van der Waals surface area contributed by atoms with Crippen LogP contribution in [0.25, 0.3) is 0 Å². The summed E-state index contributed by atoms with van der Waals surface area (Å²) in [6.45, 7) is 4.71. The standard InChI is InChI=1S/C16H24N2O2/c1-12-5-3-6-13(9-12)10-17-15(20)18-14-7-4-8-16(14,2)11-19/h3,5-6,9,14,19H,4,7-8,10-11H2,1-2H3,(H2,17,18,20). The van der Waals surface area contributed by atoms with Crippen molar-refractivity contribution >= 4 is 6.03 Å². The number of nitrogens with one attached hydrogen (secondary N) is 2. The highest BCUT2D eigenvalue weighted by Gasteiger charge is 2.38. The molecule has 1 saturated carbocycles. The van der Waals surface area contributed by atoms with E-state index in [2.05, 4.69) is 16.7 Å². The van der Waals surface area contributed by atoms with Crippen molar-refractivity contribution in [2.24, 2.45) is 5.41 Å². The number of urea groups is 1. The van der Waals surface area contributed by atoms with Crippen LogP contribution in [0.1, 0.15) is 37.3 Å². The second kappa shape index (κ2) is 6.27. The van der Waals surface area contributed by atoms with Crippen LogP contribution in [-0.4, -0.2) is 23.8 Å². The third-order valence-corrected chi connectivity index (χ3v) is 4.28. The molecule has 0 saturated heterocycles. The van der Waals surface area contributed by atoms with Gasteiger partial charge in [0.05, 0.1) is 6.61 Å². The lowest BCUT2D eigenvalue weighted by molar-refractivity contribution is 0.121. The Morgan fingerprint density at radius 2 is 2.30 bits per heavy atom. The molecule has 3 N–H and O–H groups in total. The topological polar surface area (TPSA) is 61.4 Å². The first-order chi connectivity index (χ1) is 9.53. The van der Waals surface area contributed by atoms with Crippen LogP contribution in [0.4, 0.5) is 4.79 Å². The summed E-state index contributed by atoms with van der Waals surface area (Å²) in [7, 11) is 0. The lowest BCUT2D eigenvalue weighted by Gasteiger charge is -2.30. The number of amides is 2. The lowest BCUT2D eigenvalue weighted by Crippen LogP contribution is -2.48. The molecule has 0 heterocycles. The monoisotopic (exact) mass is 276 g/mol. The molecule has 110 valence electrons. The molecule has 1 aromatic rings. The molecular formula is C16H24N2O2. The average molecular weight is 276 g/mol. The van der Waals surface area contributed by atoms with Gasteiger partial charge >= 0.3 is 6.03 Å². The second-order valence-corrected chi connectivity index (χ2v) is 6.07. The Balaban J connectivity index is 1.84. The van der Waals surface area contributed by atoms with Crippen LogP contribution in [0, 0.1) is 12.3 Å². The van der Waals surface area contributed by atoms with Gasteiger partial charge in [0.1, 0.15) is 0 Å². The van der Waals surface area contributed by atoms with E-state index < -0.39 is 0 Å². The zero-order valence-electron chi connectivity index (χ0n) is 12.3. The molecule has 0 bridgehead atoms. The fourth-order valence-electron chi connectivity index (χ4n) is 2.88. The summed E-state index contributed by atoms with van der Waals surface area (Å²) < 4.78 is 0. The second-order valence-electron chi connectivity index (χ2n) is 6.07. The predicted octanol–water partition coefficient (Wildman–Crippen LogP) is 2.35. The Bertz CT molecular complexity index is 475. The van der Waals surface area contributed by atoms with E-state index in [1.165, 1.54) is 5.56 Å². The van der Waals surface area contributed by atoms with Crippen molar-refractivity contribution < 1.29 is 9.90 Å². The third kappa shape index (κ3) is 3.51. The van der Waals surface area contributed by atoms with Crippen molar-refractivity contribution in [3.63, 3.8) is 0 Å². The maximum Gasteiger partial charge on any atom is 0.315 e. The zero-order valence-corrected chi connectivity index (χ0v) is 12.3. The smallest absolute Gasteiger partial charge is 0.315 e. The van der Waals surface area contributed by atoms with Gasteiger partial charge in [-0.1, -0.05) is 43.2 Å². The Hall–Kier alpha value is -1.55. The molecule has 0 radical (unpaired) electrons. The first-order valence-electron chi connectivity index (χ1n) is 7.24. The Morgan fingerprint density at radius 1 is 1.50 bits per heavy atom. The predicted molar refractivity (Wildman–Crippen MR) is 79.4 cm³/mol. The van der Waals surface area contributed by atoms with E-state index in [0.717, 1.165) is 24.8 Å². The molecule has 1 aromatic carbocycles. The van der Waals surface area contributed by atoms with E-state index in [1.54, 1.807) is 0 Å². The summed E-state index contributed by atoms with van der Waals surface area (Å²) in [4.78, 5) is 12.0. The number of hydrogen-bond acceptors (Lipinski definition) is 2. The minimum Gasteiger partial charge on any atom is -0.396 e. The Kier molecular flexibility index (Phi) is 4.65. The quantitative estimate of drug-likeness (QED) is 0.790. The maximum atomic E-state index is 12.0. The minimum atomic E-state index is -0.180. The first kappa shape index (κ1) is 14.9. The van der Waals surface area contributed by atoms with Gasteiger partial charge in [-0.25, -0.2) is 4.79 Å². The molecule has 1 aliphatic carbocycles. The van der Waals surface area contributed by atoms with E-state index in [4.69, 9.17) is 0 Å². The summed E-state index contributed by atoms with van der Waals surface area (Å²) in [5.74, 6) is 0. The van der Waals surface area contributed by atoms with E-state index in [9.17, 15) is 9.90 Å². The van der Waals surface area contributed by atoms with Crippen molar-refractivity contribution in [3.05, 3.63) is 35.4 Å². The van der Waals surface area contributed by atoms with Crippen LogP contribution in [0.3, 0.4) is 0 Å². The van der Waals surface area contributed by atoms with Gasteiger partial charge in [-0.2, -0.15) is 0 Å².